The van der Waals surface area contributed by atoms with Gasteiger partial charge in [-0.05, 0) is 57.0 Å². The third-order valence-corrected chi connectivity index (χ3v) is 5.95. The van der Waals surface area contributed by atoms with Gasteiger partial charge in [-0.15, -0.1) is 11.3 Å². The highest BCUT2D eigenvalue weighted by molar-refractivity contribution is 7.20. The van der Waals surface area contributed by atoms with Crippen molar-refractivity contribution in [2.45, 2.75) is 27.7 Å². The van der Waals surface area contributed by atoms with Crippen molar-refractivity contribution in [1.82, 2.24) is 9.88 Å². The van der Waals surface area contributed by atoms with E-state index >= 15 is 0 Å². The summed E-state index contributed by atoms with van der Waals surface area (Å²) in [6.07, 6.45) is 0. The number of nitrogens with one attached hydrogen (secondary N) is 1. The fraction of sp³-hybridized carbons (Fsp3) is 0.318. The molecule has 0 aliphatic carbocycles. The molecule has 29 heavy (non-hydrogen) atoms. The molecule has 0 saturated carbocycles. The van der Waals surface area contributed by atoms with E-state index in [-0.39, 0.29) is 18.4 Å². The first-order valence-corrected chi connectivity index (χ1v) is 10.3. The lowest BCUT2D eigenvalue weighted by atomic mass is 10.1. The fourth-order valence-corrected chi connectivity index (χ4v) is 4.64. The largest absolute Gasteiger partial charge is 0.497 e. The molecule has 152 valence electrons. The summed E-state index contributed by atoms with van der Waals surface area (Å²) in [5, 5.41) is 3.85. The summed E-state index contributed by atoms with van der Waals surface area (Å²) in [5.41, 5.74) is 3.59. The Balaban J connectivity index is 1.80. The number of likely N-dealkylation sites (N-methyl/N-ethyl adjacent to an activating group) is 1. The lowest BCUT2D eigenvalue weighted by molar-refractivity contribution is -0.116. The number of ether oxygens (including phenoxy) is 1. The molecule has 1 N–H and O–H groups in total. The van der Waals surface area contributed by atoms with Crippen LogP contribution in [0.3, 0.4) is 0 Å². The number of amides is 2. The molecule has 3 aromatic rings. The molecule has 0 radical (unpaired) electrons. The molecule has 0 bridgehead atoms. The number of rotatable bonds is 6. The van der Waals surface area contributed by atoms with Gasteiger partial charge in [-0.3, -0.25) is 9.59 Å². The second kappa shape index (κ2) is 8.61. The van der Waals surface area contributed by atoms with Gasteiger partial charge in [-0.1, -0.05) is 6.07 Å². The van der Waals surface area contributed by atoms with Crippen molar-refractivity contribution in [1.29, 1.82) is 0 Å². The van der Waals surface area contributed by atoms with E-state index in [1.807, 2.05) is 33.8 Å². The van der Waals surface area contributed by atoms with Gasteiger partial charge >= 0.3 is 0 Å². The first-order valence-electron chi connectivity index (χ1n) is 9.44. The molecule has 0 unspecified atom stereocenters. The summed E-state index contributed by atoms with van der Waals surface area (Å²) in [4.78, 5) is 33.3. The average molecular weight is 412 g/mol. The van der Waals surface area contributed by atoms with Gasteiger partial charge in [0.2, 0.25) is 5.91 Å². The van der Waals surface area contributed by atoms with Crippen molar-refractivity contribution in [3.8, 4) is 5.75 Å². The molecule has 6 nitrogen and oxygen atoms in total. The normalized spacial score (nSPS) is 10.8. The van der Waals surface area contributed by atoms with E-state index < -0.39 is 0 Å². The average Bonchev–Trinajstić information content (AvgIpc) is 3.02. The Labute approximate surface area is 174 Å². The number of benzene rings is 1. The zero-order valence-corrected chi connectivity index (χ0v) is 18.1. The summed E-state index contributed by atoms with van der Waals surface area (Å²) in [5.74, 6) is 0.258. The lowest BCUT2D eigenvalue weighted by Gasteiger charge is -2.20. The number of aryl methyl sites for hydroxylation is 3. The van der Waals surface area contributed by atoms with Crippen LogP contribution in [0.25, 0.3) is 10.2 Å². The van der Waals surface area contributed by atoms with E-state index in [0.29, 0.717) is 22.9 Å². The Morgan fingerprint density at radius 3 is 2.66 bits per heavy atom. The zero-order valence-electron chi connectivity index (χ0n) is 17.3. The monoisotopic (exact) mass is 411 g/mol. The maximum absolute atomic E-state index is 13.2. The maximum atomic E-state index is 13.2. The molecule has 0 fully saturated rings. The summed E-state index contributed by atoms with van der Waals surface area (Å²) in [7, 11) is 1.57. The number of carbonyl (C=O) groups excluding carboxylic acids is 2. The van der Waals surface area contributed by atoms with Crippen LogP contribution in [0.1, 0.15) is 33.4 Å². The van der Waals surface area contributed by atoms with Crippen LogP contribution >= 0.6 is 11.3 Å². The Morgan fingerprint density at radius 1 is 1.21 bits per heavy atom. The molecule has 3 rings (SSSR count). The third kappa shape index (κ3) is 4.40. The second-order valence-electron chi connectivity index (χ2n) is 6.92. The summed E-state index contributed by atoms with van der Waals surface area (Å²) in [6.45, 7) is 8.21. The van der Waals surface area contributed by atoms with Crippen molar-refractivity contribution in [2.24, 2.45) is 0 Å². The number of carbonyl (C=O) groups is 2. The number of nitrogens with zero attached hydrogens (tertiary/aromatic N) is 2. The number of fused-ring (bicyclic) bond motifs is 1. The van der Waals surface area contributed by atoms with E-state index in [1.54, 1.807) is 36.3 Å². The minimum atomic E-state index is -0.252. The molecular formula is C22H25N3O3S. The van der Waals surface area contributed by atoms with Gasteiger partial charge < -0.3 is 15.0 Å². The quantitative estimate of drug-likeness (QED) is 0.655. The molecule has 0 aliphatic heterocycles. The van der Waals surface area contributed by atoms with Gasteiger partial charge in [-0.25, -0.2) is 4.98 Å². The standard InChI is InChI=1S/C22H25N3O3S/c1-6-25(12-18(26)24-16-8-7-9-17(11-16)28-5)22(27)20-15(4)19-13(2)10-14(3)23-21(19)29-20/h7-11H,6,12H2,1-5H3,(H,24,26). The topological polar surface area (TPSA) is 71.5 Å². The molecule has 2 heterocycles. The van der Waals surface area contributed by atoms with Gasteiger partial charge in [0.15, 0.2) is 0 Å². The van der Waals surface area contributed by atoms with Crippen LogP contribution in [0.2, 0.25) is 0 Å². The van der Waals surface area contributed by atoms with E-state index in [0.717, 1.165) is 27.0 Å². The van der Waals surface area contributed by atoms with Gasteiger partial charge in [0.05, 0.1) is 12.0 Å². The van der Waals surface area contributed by atoms with Crippen molar-refractivity contribution >= 4 is 39.1 Å². The third-order valence-electron chi connectivity index (χ3n) is 4.78. The Hall–Kier alpha value is -2.93. The predicted molar refractivity (Wildman–Crippen MR) is 117 cm³/mol. The van der Waals surface area contributed by atoms with Crippen molar-refractivity contribution in [2.75, 3.05) is 25.5 Å². The minimum Gasteiger partial charge on any atom is -0.497 e. The highest BCUT2D eigenvalue weighted by atomic mass is 32.1. The van der Waals surface area contributed by atoms with Crippen LogP contribution in [0.15, 0.2) is 30.3 Å². The highest BCUT2D eigenvalue weighted by Gasteiger charge is 2.23. The number of methoxy groups -OCH3 is 1. The molecule has 1 aromatic carbocycles. The number of anilines is 1. The first kappa shape index (κ1) is 20.8. The van der Waals surface area contributed by atoms with Crippen molar-refractivity contribution in [3.05, 3.63) is 52.0 Å². The molecule has 0 saturated heterocycles. The molecule has 2 aromatic heterocycles. The van der Waals surface area contributed by atoms with E-state index in [9.17, 15) is 9.59 Å². The summed E-state index contributed by atoms with van der Waals surface area (Å²) < 4.78 is 5.17. The number of hydrogen-bond donors (Lipinski definition) is 1. The summed E-state index contributed by atoms with van der Waals surface area (Å²) >= 11 is 1.39. The predicted octanol–water partition coefficient (Wildman–Crippen LogP) is 4.33. The maximum Gasteiger partial charge on any atom is 0.264 e. The summed E-state index contributed by atoms with van der Waals surface area (Å²) in [6, 6.07) is 9.15. The SMILES string of the molecule is CCN(CC(=O)Nc1cccc(OC)c1)C(=O)c1sc2nc(C)cc(C)c2c1C. The van der Waals surface area contributed by atoms with Crippen LogP contribution in [-0.4, -0.2) is 41.9 Å². The number of thiophene rings is 1. The molecule has 0 aliphatic rings. The Morgan fingerprint density at radius 2 is 1.97 bits per heavy atom. The fourth-order valence-electron chi connectivity index (χ4n) is 3.37. The smallest absolute Gasteiger partial charge is 0.264 e. The molecule has 0 atom stereocenters. The Kier molecular flexibility index (Phi) is 6.17. The molecule has 7 heteroatoms. The molecule has 0 spiro atoms. The zero-order chi connectivity index (χ0) is 21.1. The first-order chi connectivity index (χ1) is 13.8. The van der Waals surface area contributed by atoms with Crippen molar-refractivity contribution in [3.63, 3.8) is 0 Å². The number of aromatic nitrogens is 1. The van der Waals surface area contributed by atoms with Gasteiger partial charge in [0.25, 0.3) is 5.91 Å². The van der Waals surface area contributed by atoms with Crippen LogP contribution < -0.4 is 10.1 Å². The van der Waals surface area contributed by atoms with Gasteiger partial charge in [0.1, 0.15) is 17.1 Å². The van der Waals surface area contributed by atoms with Crippen LogP contribution in [0.4, 0.5) is 5.69 Å². The second-order valence-corrected chi connectivity index (χ2v) is 7.92. The lowest BCUT2D eigenvalue weighted by Crippen LogP contribution is -2.37. The Bertz CT molecular complexity index is 1070. The number of pyridine rings is 1. The van der Waals surface area contributed by atoms with E-state index in [2.05, 4.69) is 10.3 Å². The highest BCUT2D eigenvalue weighted by Crippen LogP contribution is 2.33. The van der Waals surface area contributed by atoms with Crippen LogP contribution in [0, 0.1) is 20.8 Å². The van der Waals surface area contributed by atoms with E-state index in [4.69, 9.17) is 4.74 Å². The van der Waals surface area contributed by atoms with Crippen LogP contribution in [-0.2, 0) is 4.79 Å². The number of hydrogen-bond acceptors (Lipinski definition) is 5. The molecule has 2 amide bonds. The van der Waals surface area contributed by atoms with Gasteiger partial charge in [-0.2, -0.15) is 0 Å². The molecular weight excluding hydrogens is 386 g/mol. The van der Waals surface area contributed by atoms with Crippen molar-refractivity contribution < 1.29 is 14.3 Å². The minimum absolute atomic E-state index is 0.0222. The van der Waals surface area contributed by atoms with Gasteiger partial charge in [0, 0.05) is 29.4 Å². The van der Waals surface area contributed by atoms with Crippen LogP contribution in [0.5, 0.6) is 5.75 Å². The van der Waals surface area contributed by atoms with E-state index in [1.165, 1.54) is 11.3 Å².